The Morgan fingerprint density at radius 3 is 2.32 bits per heavy atom. The second-order valence-electron chi connectivity index (χ2n) is 4.19. The van der Waals surface area contributed by atoms with Crippen LogP contribution in [0.25, 0.3) is 0 Å². The summed E-state index contributed by atoms with van der Waals surface area (Å²) in [6.07, 6.45) is 0. The van der Waals surface area contributed by atoms with Gasteiger partial charge in [0.2, 0.25) is 5.91 Å². The van der Waals surface area contributed by atoms with E-state index in [4.69, 9.17) is 10.5 Å². The second kappa shape index (κ2) is 5.52. The molecule has 0 heterocycles. The monoisotopic (exact) mass is 259 g/mol. The van der Waals surface area contributed by atoms with Crippen LogP contribution in [0.1, 0.15) is 18.4 Å². The van der Waals surface area contributed by atoms with E-state index >= 15 is 0 Å². The van der Waals surface area contributed by atoms with Gasteiger partial charge in [-0.15, -0.1) is 0 Å². The van der Waals surface area contributed by atoms with Crippen molar-refractivity contribution >= 4 is 5.91 Å². The highest BCUT2D eigenvalue weighted by molar-refractivity contribution is 5.82. The van der Waals surface area contributed by atoms with E-state index < -0.39 is 17.6 Å². The van der Waals surface area contributed by atoms with Crippen LogP contribution in [0.5, 0.6) is 11.5 Å². The lowest BCUT2D eigenvalue weighted by Gasteiger charge is -2.14. The number of para-hydroxylation sites is 2. The Balaban J connectivity index is 2.36. The van der Waals surface area contributed by atoms with Gasteiger partial charge in [0.15, 0.2) is 11.6 Å². The quantitative estimate of drug-likeness (QED) is 0.916. The fourth-order valence-electron chi connectivity index (χ4n) is 1.73. The molecule has 2 aromatic carbocycles. The first-order chi connectivity index (χ1) is 9.09. The largest absolute Gasteiger partial charge is 0.454 e. The summed E-state index contributed by atoms with van der Waals surface area (Å²) in [4.78, 5) is 11.3. The Labute approximate surface area is 110 Å². The van der Waals surface area contributed by atoms with Crippen molar-refractivity contribution in [2.24, 2.45) is 5.73 Å². The number of primary amides is 1. The number of amides is 1. The van der Waals surface area contributed by atoms with E-state index in [1.54, 1.807) is 43.3 Å². The molecule has 0 spiro atoms. The first-order valence-electron chi connectivity index (χ1n) is 5.90. The van der Waals surface area contributed by atoms with E-state index in [1.165, 1.54) is 12.1 Å². The summed E-state index contributed by atoms with van der Waals surface area (Å²) in [5.41, 5.74) is 5.93. The molecule has 0 aliphatic carbocycles. The number of carbonyl (C=O) groups excluding carboxylic acids is 1. The van der Waals surface area contributed by atoms with Gasteiger partial charge in [0.05, 0.1) is 5.92 Å². The molecule has 4 heteroatoms. The van der Waals surface area contributed by atoms with Gasteiger partial charge < -0.3 is 10.5 Å². The van der Waals surface area contributed by atoms with Crippen LogP contribution in [-0.4, -0.2) is 5.91 Å². The smallest absolute Gasteiger partial charge is 0.224 e. The van der Waals surface area contributed by atoms with Gasteiger partial charge in [0, 0.05) is 5.56 Å². The lowest BCUT2D eigenvalue weighted by Crippen LogP contribution is -2.19. The molecule has 1 amide bonds. The maximum absolute atomic E-state index is 13.6. The van der Waals surface area contributed by atoms with Crippen molar-refractivity contribution in [1.29, 1.82) is 0 Å². The van der Waals surface area contributed by atoms with E-state index in [0.717, 1.165) is 0 Å². The SMILES string of the molecule is CC(C(N)=O)c1ccccc1Oc1ccccc1F. The van der Waals surface area contributed by atoms with Crippen molar-refractivity contribution in [3.8, 4) is 11.5 Å². The average Bonchev–Trinajstić information content (AvgIpc) is 2.41. The Hall–Kier alpha value is -2.36. The molecule has 3 nitrogen and oxygen atoms in total. The minimum Gasteiger partial charge on any atom is -0.454 e. The van der Waals surface area contributed by atoms with Gasteiger partial charge in [-0.05, 0) is 25.1 Å². The van der Waals surface area contributed by atoms with Crippen LogP contribution in [0.4, 0.5) is 4.39 Å². The van der Waals surface area contributed by atoms with Gasteiger partial charge in [-0.2, -0.15) is 0 Å². The average molecular weight is 259 g/mol. The molecule has 19 heavy (non-hydrogen) atoms. The van der Waals surface area contributed by atoms with Gasteiger partial charge in [-0.25, -0.2) is 4.39 Å². The highest BCUT2D eigenvalue weighted by atomic mass is 19.1. The van der Waals surface area contributed by atoms with Crippen molar-refractivity contribution in [2.75, 3.05) is 0 Å². The molecule has 1 atom stereocenters. The van der Waals surface area contributed by atoms with Crippen molar-refractivity contribution < 1.29 is 13.9 Å². The molecule has 2 rings (SSSR count). The van der Waals surface area contributed by atoms with E-state index in [9.17, 15) is 9.18 Å². The molecule has 0 aliphatic heterocycles. The Morgan fingerprint density at radius 1 is 1.11 bits per heavy atom. The number of nitrogens with two attached hydrogens (primary N) is 1. The fraction of sp³-hybridized carbons (Fsp3) is 0.133. The Morgan fingerprint density at radius 2 is 1.68 bits per heavy atom. The van der Waals surface area contributed by atoms with Crippen LogP contribution in [0.3, 0.4) is 0 Å². The second-order valence-corrected chi connectivity index (χ2v) is 4.19. The summed E-state index contributed by atoms with van der Waals surface area (Å²) < 4.78 is 19.1. The van der Waals surface area contributed by atoms with E-state index in [-0.39, 0.29) is 5.75 Å². The van der Waals surface area contributed by atoms with E-state index in [1.807, 2.05) is 0 Å². The molecule has 0 saturated carbocycles. The molecule has 1 unspecified atom stereocenters. The minimum atomic E-state index is -0.497. The molecule has 98 valence electrons. The number of ether oxygens (including phenoxy) is 1. The highest BCUT2D eigenvalue weighted by Gasteiger charge is 2.17. The number of halogens is 1. The zero-order valence-electron chi connectivity index (χ0n) is 10.5. The number of benzene rings is 2. The molecule has 0 saturated heterocycles. The van der Waals surface area contributed by atoms with Crippen LogP contribution in [-0.2, 0) is 4.79 Å². The third-order valence-electron chi connectivity index (χ3n) is 2.87. The molecule has 2 aromatic rings. The topological polar surface area (TPSA) is 52.3 Å². The van der Waals surface area contributed by atoms with Crippen LogP contribution >= 0.6 is 0 Å². The summed E-state index contributed by atoms with van der Waals surface area (Å²) in [5, 5.41) is 0. The van der Waals surface area contributed by atoms with Crippen molar-refractivity contribution in [1.82, 2.24) is 0 Å². The number of carbonyl (C=O) groups is 1. The molecule has 0 aromatic heterocycles. The third kappa shape index (κ3) is 2.91. The lowest BCUT2D eigenvalue weighted by atomic mass is 10.00. The van der Waals surface area contributed by atoms with Gasteiger partial charge in [0.25, 0.3) is 0 Å². The van der Waals surface area contributed by atoms with Crippen LogP contribution in [0.15, 0.2) is 48.5 Å². The summed E-state index contributed by atoms with van der Waals surface area (Å²) in [5.74, 6) is -0.859. The fourth-order valence-corrected chi connectivity index (χ4v) is 1.73. The molecule has 2 N–H and O–H groups in total. The molecule has 0 fully saturated rings. The summed E-state index contributed by atoms with van der Waals surface area (Å²) in [6.45, 7) is 1.69. The maximum Gasteiger partial charge on any atom is 0.224 e. The zero-order chi connectivity index (χ0) is 13.8. The van der Waals surface area contributed by atoms with Gasteiger partial charge in [-0.3, -0.25) is 4.79 Å². The van der Waals surface area contributed by atoms with Crippen LogP contribution < -0.4 is 10.5 Å². The first-order valence-corrected chi connectivity index (χ1v) is 5.90. The molecule has 0 radical (unpaired) electrons. The predicted molar refractivity (Wildman–Crippen MR) is 70.5 cm³/mol. The van der Waals surface area contributed by atoms with Crippen molar-refractivity contribution in [3.63, 3.8) is 0 Å². The highest BCUT2D eigenvalue weighted by Crippen LogP contribution is 2.31. The predicted octanol–water partition coefficient (Wildman–Crippen LogP) is 3.21. The standard InChI is InChI=1S/C15H14FNO2/c1-10(15(17)18)11-6-2-4-8-13(11)19-14-9-5-3-7-12(14)16/h2-10H,1H3,(H2,17,18). The van der Waals surface area contributed by atoms with Crippen molar-refractivity contribution in [2.45, 2.75) is 12.8 Å². The van der Waals surface area contributed by atoms with Crippen molar-refractivity contribution in [3.05, 3.63) is 59.9 Å². The maximum atomic E-state index is 13.6. The normalized spacial score (nSPS) is 11.9. The van der Waals surface area contributed by atoms with E-state index in [0.29, 0.717) is 11.3 Å². The number of hydrogen-bond acceptors (Lipinski definition) is 2. The summed E-state index contributed by atoms with van der Waals surface area (Å²) in [6, 6.07) is 13.1. The molecular weight excluding hydrogens is 245 g/mol. The lowest BCUT2D eigenvalue weighted by molar-refractivity contribution is -0.119. The number of rotatable bonds is 4. The molecule has 0 aliphatic rings. The summed E-state index contributed by atoms with van der Waals surface area (Å²) in [7, 11) is 0. The first kappa shape index (κ1) is 13.1. The Kier molecular flexibility index (Phi) is 3.80. The van der Waals surface area contributed by atoms with Gasteiger partial charge >= 0.3 is 0 Å². The van der Waals surface area contributed by atoms with Crippen LogP contribution in [0.2, 0.25) is 0 Å². The third-order valence-corrected chi connectivity index (χ3v) is 2.87. The van der Waals surface area contributed by atoms with Gasteiger partial charge in [-0.1, -0.05) is 30.3 Å². The van der Waals surface area contributed by atoms with Crippen LogP contribution in [0, 0.1) is 5.82 Å². The number of hydrogen-bond donors (Lipinski definition) is 1. The van der Waals surface area contributed by atoms with Gasteiger partial charge in [0.1, 0.15) is 5.75 Å². The Bertz CT molecular complexity index is 598. The van der Waals surface area contributed by atoms with E-state index in [2.05, 4.69) is 0 Å². The molecular formula is C15H14FNO2. The summed E-state index contributed by atoms with van der Waals surface area (Å²) >= 11 is 0. The minimum absolute atomic E-state index is 0.117. The molecule has 0 bridgehead atoms. The zero-order valence-corrected chi connectivity index (χ0v) is 10.5.